The molecule has 2 heterocycles. The van der Waals surface area contributed by atoms with Crippen LogP contribution in [0, 0.1) is 11.2 Å². The molecule has 0 bridgehead atoms. The predicted molar refractivity (Wildman–Crippen MR) is 159 cm³/mol. The zero-order valence-electron chi connectivity index (χ0n) is 23.8. The van der Waals surface area contributed by atoms with Gasteiger partial charge in [0.2, 0.25) is 5.91 Å². The summed E-state index contributed by atoms with van der Waals surface area (Å²) in [6.07, 6.45) is 4.24. The fraction of sp³-hybridized carbons (Fsp3) is 0.581. The number of hydrogen-bond acceptors (Lipinski definition) is 6. The van der Waals surface area contributed by atoms with Crippen molar-refractivity contribution in [2.24, 2.45) is 5.41 Å². The van der Waals surface area contributed by atoms with E-state index >= 15 is 0 Å². The lowest BCUT2D eigenvalue weighted by Crippen LogP contribution is -2.52. The summed E-state index contributed by atoms with van der Waals surface area (Å²) in [6.45, 7) is 9.63. The minimum absolute atomic E-state index is 0. The molecule has 0 saturated carbocycles. The first-order chi connectivity index (χ1) is 19.0. The highest BCUT2D eigenvalue weighted by Crippen LogP contribution is 2.36. The largest absolute Gasteiger partial charge is 0.493 e. The van der Waals surface area contributed by atoms with Crippen LogP contribution in [0.5, 0.6) is 5.75 Å². The SMILES string of the molecule is CCOc1cccc(F)c1CN1CCN(C(=O)CN2CCC(CCc3ccccc3)(CNCCO)CC2)CC1.Cl. The van der Waals surface area contributed by atoms with Gasteiger partial charge in [0.15, 0.2) is 0 Å². The third-order valence-electron chi connectivity index (χ3n) is 8.33. The summed E-state index contributed by atoms with van der Waals surface area (Å²) < 4.78 is 20.1. The number of benzene rings is 2. The number of piperidine rings is 1. The second kappa shape index (κ2) is 16.3. The van der Waals surface area contributed by atoms with Gasteiger partial charge in [0, 0.05) is 51.4 Å². The third kappa shape index (κ3) is 9.14. The number of aliphatic hydroxyl groups excluding tert-OH is 1. The lowest BCUT2D eigenvalue weighted by molar-refractivity contribution is -0.134. The molecule has 9 heteroatoms. The van der Waals surface area contributed by atoms with Crippen LogP contribution in [-0.2, 0) is 17.8 Å². The Kier molecular flexibility index (Phi) is 13.1. The highest BCUT2D eigenvalue weighted by Gasteiger charge is 2.35. The van der Waals surface area contributed by atoms with Gasteiger partial charge in [-0.3, -0.25) is 14.6 Å². The van der Waals surface area contributed by atoms with E-state index in [1.807, 2.05) is 17.9 Å². The number of ether oxygens (including phenoxy) is 1. The van der Waals surface area contributed by atoms with Gasteiger partial charge in [0.1, 0.15) is 11.6 Å². The fourth-order valence-corrected chi connectivity index (χ4v) is 5.84. The predicted octanol–water partition coefficient (Wildman–Crippen LogP) is 3.59. The van der Waals surface area contributed by atoms with E-state index in [1.165, 1.54) is 11.6 Å². The molecule has 2 aromatic carbocycles. The topological polar surface area (TPSA) is 68.3 Å². The van der Waals surface area contributed by atoms with E-state index in [4.69, 9.17) is 4.74 Å². The van der Waals surface area contributed by atoms with E-state index in [-0.39, 0.29) is 36.2 Å². The van der Waals surface area contributed by atoms with Gasteiger partial charge in [-0.25, -0.2) is 4.39 Å². The molecule has 0 aromatic heterocycles. The van der Waals surface area contributed by atoms with Crippen molar-refractivity contribution in [1.82, 2.24) is 20.0 Å². The Hall–Kier alpha value is -2.23. The highest BCUT2D eigenvalue weighted by molar-refractivity contribution is 5.85. The van der Waals surface area contributed by atoms with Crippen LogP contribution in [0.25, 0.3) is 0 Å². The maximum atomic E-state index is 14.5. The van der Waals surface area contributed by atoms with Crippen LogP contribution in [0.2, 0.25) is 0 Å². The van der Waals surface area contributed by atoms with Crippen molar-refractivity contribution in [1.29, 1.82) is 0 Å². The van der Waals surface area contributed by atoms with Crippen molar-refractivity contribution in [3.05, 3.63) is 65.5 Å². The summed E-state index contributed by atoms with van der Waals surface area (Å²) in [7, 11) is 0. The van der Waals surface area contributed by atoms with Crippen molar-refractivity contribution in [3.8, 4) is 5.75 Å². The van der Waals surface area contributed by atoms with Gasteiger partial charge >= 0.3 is 0 Å². The van der Waals surface area contributed by atoms with E-state index in [2.05, 4.69) is 45.4 Å². The normalized spacial score (nSPS) is 17.8. The summed E-state index contributed by atoms with van der Waals surface area (Å²) in [5.41, 5.74) is 2.14. The van der Waals surface area contributed by atoms with Crippen LogP contribution in [-0.4, -0.2) is 97.8 Å². The van der Waals surface area contributed by atoms with Crippen LogP contribution >= 0.6 is 12.4 Å². The van der Waals surface area contributed by atoms with Crippen molar-refractivity contribution < 1.29 is 19.0 Å². The number of aryl methyl sites for hydroxylation is 1. The summed E-state index contributed by atoms with van der Waals surface area (Å²) in [6, 6.07) is 15.6. The first-order valence-electron chi connectivity index (χ1n) is 14.5. The van der Waals surface area contributed by atoms with Gasteiger partial charge in [-0.1, -0.05) is 36.4 Å². The summed E-state index contributed by atoms with van der Waals surface area (Å²) >= 11 is 0. The van der Waals surface area contributed by atoms with Crippen LogP contribution in [0.4, 0.5) is 4.39 Å². The molecule has 0 radical (unpaired) electrons. The van der Waals surface area contributed by atoms with E-state index in [9.17, 15) is 14.3 Å². The van der Waals surface area contributed by atoms with Gasteiger partial charge in [0.05, 0.1) is 19.8 Å². The molecule has 40 heavy (non-hydrogen) atoms. The Morgan fingerprint density at radius 2 is 1.73 bits per heavy atom. The zero-order valence-corrected chi connectivity index (χ0v) is 24.6. The minimum Gasteiger partial charge on any atom is -0.493 e. The molecule has 2 aliphatic heterocycles. The molecule has 7 nitrogen and oxygen atoms in total. The molecule has 0 unspecified atom stereocenters. The first kappa shape index (κ1) is 32.3. The lowest BCUT2D eigenvalue weighted by Gasteiger charge is -2.43. The molecule has 0 aliphatic carbocycles. The molecule has 0 atom stereocenters. The molecular formula is C31H46ClFN4O3. The molecule has 2 saturated heterocycles. The van der Waals surface area contributed by atoms with Crippen LogP contribution in [0.1, 0.15) is 37.3 Å². The van der Waals surface area contributed by atoms with Crippen molar-refractivity contribution in [3.63, 3.8) is 0 Å². The number of rotatable bonds is 13. The Labute approximate surface area is 245 Å². The molecule has 1 amide bonds. The standard InChI is InChI=1S/C31H45FN4O3.ClH/c1-2-39-29-10-6-9-28(32)27(29)23-35-18-20-36(21-19-35)30(38)24-34-16-13-31(14-17-34,25-33-15-22-37)12-11-26-7-4-3-5-8-26;/h3-10,33,37H,2,11-25H2,1H3;1H. The Bertz CT molecular complexity index is 1030. The second-order valence-corrected chi connectivity index (χ2v) is 11.0. The molecular weight excluding hydrogens is 531 g/mol. The number of nitrogens with zero attached hydrogens (tertiary/aromatic N) is 3. The number of nitrogens with one attached hydrogen (secondary N) is 1. The molecule has 4 rings (SSSR count). The Balaban J connectivity index is 0.00000441. The number of carbonyl (C=O) groups excluding carboxylic acids is 1. The summed E-state index contributed by atoms with van der Waals surface area (Å²) in [5, 5.41) is 12.7. The minimum atomic E-state index is -0.240. The van der Waals surface area contributed by atoms with Gasteiger partial charge in [-0.2, -0.15) is 0 Å². The molecule has 222 valence electrons. The molecule has 2 N–H and O–H groups in total. The number of carbonyl (C=O) groups is 1. The fourth-order valence-electron chi connectivity index (χ4n) is 5.84. The van der Waals surface area contributed by atoms with Crippen LogP contribution in [0.3, 0.4) is 0 Å². The van der Waals surface area contributed by atoms with Crippen molar-refractivity contribution in [2.45, 2.75) is 39.2 Å². The van der Waals surface area contributed by atoms with Gasteiger partial charge in [-0.05, 0) is 68.8 Å². The van der Waals surface area contributed by atoms with Crippen LogP contribution < -0.4 is 10.1 Å². The Morgan fingerprint density at radius 1 is 1.00 bits per heavy atom. The van der Waals surface area contributed by atoms with Gasteiger partial charge in [0.25, 0.3) is 0 Å². The van der Waals surface area contributed by atoms with E-state index < -0.39 is 0 Å². The smallest absolute Gasteiger partial charge is 0.236 e. The summed E-state index contributed by atoms with van der Waals surface area (Å²) in [4.78, 5) is 19.6. The quantitative estimate of drug-likeness (QED) is 0.355. The van der Waals surface area contributed by atoms with Gasteiger partial charge in [-0.15, -0.1) is 12.4 Å². The Morgan fingerprint density at radius 3 is 2.40 bits per heavy atom. The third-order valence-corrected chi connectivity index (χ3v) is 8.33. The number of amides is 1. The highest BCUT2D eigenvalue weighted by atomic mass is 35.5. The number of halogens is 2. The molecule has 2 fully saturated rings. The molecule has 2 aromatic rings. The monoisotopic (exact) mass is 576 g/mol. The maximum absolute atomic E-state index is 14.5. The number of hydrogen-bond donors (Lipinski definition) is 2. The first-order valence-corrected chi connectivity index (χ1v) is 14.5. The van der Waals surface area contributed by atoms with Crippen molar-refractivity contribution >= 4 is 18.3 Å². The number of aliphatic hydroxyl groups is 1. The maximum Gasteiger partial charge on any atom is 0.236 e. The average Bonchev–Trinajstić information content (AvgIpc) is 2.96. The average molecular weight is 577 g/mol. The summed E-state index contributed by atoms with van der Waals surface area (Å²) in [5.74, 6) is 0.550. The zero-order chi connectivity index (χ0) is 27.5. The van der Waals surface area contributed by atoms with E-state index in [0.29, 0.717) is 50.6 Å². The lowest BCUT2D eigenvalue weighted by atomic mass is 9.74. The van der Waals surface area contributed by atoms with E-state index in [0.717, 1.165) is 58.4 Å². The van der Waals surface area contributed by atoms with Gasteiger partial charge < -0.3 is 20.1 Å². The number of likely N-dealkylation sites (tertiary alicyclic amines) is 1. The second-order valence-electron chi connectivity index (χ2n) is 11.0. The van der Waals surface area contributed by atoms with E-state index in [1.54, 1.807) is 6.07 Å². The number of piperazine rings is 1. The van der Waals surface area contributed by atoms with Crippen LogP contribution in [0.15, 0.2) is 48.5 Å². The van der Waals surface area contributed by atoms with Crippen molar-refractivity contribution in [2.75, 3.05) is 72.1 Å². The molecule has 0 spiro atoms. The molecule has 2 aliphatic rings.